The van der Waals surface area contributed by atoms with Gasteiger partial charge in [0, 0.05) is 40.6 Å². The summed E-state index contributed by atoms with van der Waals surface area (Å²) in [4.78, 5) is 15.3. The number of aromatic nitrogens is 1. The molecule has 1 amide bonds. The number of amides is 1. The summed E-state index contributed by atoms with van der Waals surface area (Å²) in [5.41, 5.74) is 5.29. The Morgan fingerprint density at radius 1 is 0.900 bits per heavy atom. The number of anilines is 1. The molecule has 0 radical (unpaired) electrons. The maximum Gasteiger partial charge on any atom is 0.257 e. The number of benzene rings is 3. The molecule has 4 aromatic rings. The van der Waals surface area contributed by atoms with Crippen LogP contribution in [0.5, 0.6) is 0 Å². The first kappa shape index (κ1) is 18.7. The van der Waals surface area contributed by atoms with Gasteiger partial charge in [-0.2, -0.15) is 0 Å². The van der Waals surface area contributed by atoms with Crippen molar-refractivity contribution in [2.75, 3.05) is 11.9 Å². The van der Waals surface area contributed by atoms with Gasteiger partial charge in [-0.15, -0.1) is 0 Å². The zero-order chi connectivity index (χ0) is 20.7. The van der Waals surface area contributed by atoms with Crippen LogP contribution in [-0.2, 0) is 6.54 Å². The Morgan fingerprint density at radius 2 is 1.67 bits per heavy atom. The van der Waals surface area contributed by atoms with E-state index < -0.39 is 0 Å². The number of carbonyl (C=O) groups is 1. The van der Waals surface area contributed by atoms with Gasteiger partial charge < -0.3 is 14.8 Å². The van der Waals surface area contributed by atoms with Gasteiger partial charge in [-0.25, -0.2) is 0 Å². The van der Waals surface area contributed by atoms with Crippen molar-refractivity contribution in [2.45, 2.75) is 39.4 Å². The van der Waals surface area contributed by atoms with Gasteiger partial charge in [-0.1, -0.05) is 49.7 Å². The summed E-state index contributed by atoms with van der Waals surface area (Å²) in [6, 6.07) is 23.0. The van der Waals surface area contributed by atoms with Crippen molar-refractivity contribution in [3.63, 3.8) is 0 Å². The number of hydrogen-bond donors (Lipinski definition) is 1. The van der Waals surface area contributed by atoms with Gasteiger partial charge in [0.2, 0.25) is 0 Å². The quantitative estimate of drug-likeness (QED) is 0.436. The van der Waals surface area contributed by atoms with E-state index in [1.807, 2.05) is 29.2 Å². The second kappa shape index (κ2) is 7.52. The average Bonchev–Trinajstić information content (AvgIpc) is 3.11. The molecule has 3 aromatic carbocycles. The zero-order valence-corrected chi connectivity index (χ0v) is 17.6. The van der Waals surface area contributed by atoms with E-state index in [9.17, 15) is 4.79 Å². The van der Waals surface area contributed by atoms with Crippen LogP contribution in [0, 0.1) is 0 Å². The largest absolute Gasteiger partial charge is 0.361 e. The van der Waals surface area contributed by atoms with Crippen LogP contribution in [0.3, 0.4) is 0 Å². The van der Waals surface area contributed by atoms with Gasteiger partial charge in [0.05, 0.1) is 5.56 Å². The zero-order valence-electron chi connectivity index (χ0n) is 17.6. The van der Waals surface area contributed by atoms with Crippen molar-refractivity contribution >= 4 is 33.4 Å². The molecular formula is C26H27N3O. The number of aryl methyl sites for hydroxylation is 1. The lowest BCUT2D eigenvalue weighted by Crippen LogP contribution is -2.43. The van der Waals surface area contributed by atoms with E-state index in [0.29, 0.717) is 0 Å². The number of para-hydroxylation sites is 2. The molecule has 1 unspecified atom stereocenters. The molecule has 1 aromatic heterocycles. The number of unbranched alkanes of at least 4 members (excludes halogenated alkanes) is 1. The van der Waals surface area contributed by atoms with Gasteiger partial charge >= 0.3 is 0 Å². The van der Waals surface area contributed by atoms with Crippen molar-refractivity contribution in [3.05, 3.63) is 77.9 Å². The SMILES string of the molecule is CCCCN1C(=O)c2ccccc2NC1c1ccc2c(c1)c1ccccc1n2CC. The van der Waals surface area contributed by atoms with E-state index in [1.165, 1.54) is 21.8 Å². The highest BCUT2D eigenvalue weighted by Gasteiger charge is 2.32. The van der Waals surface area contributed by atoms with Crippen LogP contribution >= 0.6 is 0 Å². The predicted molar refractivity (Wildman–Crippen MR) is 124 cm³/mol. The molecule has 0 aliphatic carbocycles. The highest BCUT2D eigenvalue weighted by molar-refractivity contribution is 6.08. The number of hydrogen-bond acceptors (Lipinski definition) is 2. The molecule has 152 valence electrons. The normalized spacial score (nSPS) is 16.1. The highest BCUT2D eigenvalue weighted by Crippen LogP contribution is 2.36. The molecule has 0 spiro atoms. The monoisotopic (exact) mass is 397 g/mol. The minimum absolute atomic E-state index is 0.110. The summed E-state index contributed by atoms with van der Waals surface area (Å²) in [6.07, 6.45) is 1.89. The summed E-state index contributed by atoms with van der Waals surface area (Å²) in [6.45, 7) is 6.02. The third-order valence-electron chi connectivity index (χ3n) is 6.20. The fourth-order valence-corrected chi connectivity index (χ4v) is 4.70. The lowest BCUT2D eigenvalue weighted by atomic mass is 10.0. The number of nitrogens with zero attached hydrogens (tertiary/aromatic N) is 2. The minimum Gasteiger partial charge on any atom is -0.361 e. The lowest BCUT2D eigenvalue weighted by Gasteiger charge is -2.38. The molecule has 0 saturated carbocycles. The van der Waals surface area contributed by atoms with Crippen LogP contribution < -0.4 is 5.32 Å². The Labute approximate surface area is 177 Å². The number of nitrogens with one attached hydrogen (secondary N) is 1. The lowest BCUT2D eigenvalue weighted by molar-refractivity contribution is 0.0680. The molecule has 4 nitrogen and oxygen atoms in total. The van der Waals surface area contributed by atoms with Crippen LogP contribution in [-0.4, -0.2) is 21.9 Å². The van der Waals surface area contributed by atoms with E-state index in [-0.39, 0.29) is 12.1 Å². The summed E-state index contributed by atoms with van der Waals surface area (Å²) < 4.78 is 2.36. The maximum absolute atomic E-state index is 13.3. The van der Waals surface area contributed by atoms with E-state index in [4.69, 9.17) is 0 Å². The van der Waals surface area contributed by atoms with Gasteiger partial charge in [0.1, 0.15) is 6.17 Å². The van der Waals surface area contributed by atoms with Crippen molar-refractivity contribution in [3.8, 4) is 0 Å². The number of rotatable bonds is 5. The van der Waals surface area contributed by atoms with Gasteiger partial charge in [0.15, 0.2) is 0 Å². The van der Waals surface area contributed by atoms with Crippen molar-refractivity contribution in [1.29, 1.82) is 0 Å². The number of fused-ring (bicyclic) bond motifs is 4. The smallest absolute Gasteiger partial charge is 0.257 e. The van der Waals surface area contributed by atoms with E-state index in [1.54, 1.807) is 0 Å². The van der Waals surface area contributed by atoms with Gasteiger partial charge in [0.25, 0.3) is 5.91 Å². The van der Waals surface area contributed by atoms with Crippen molar-refractivity contribution < 1.29 is 4.79 Å². The Balaban J connectivity index is 1.66. The summed E-state index contributed by atoms with van der Waals surface area (Å²) >= 11 is 0. The van der Waals surface area contributed by atoms with E-state index in [2.05, 4.69) is 66.2 Å². The first-order valence-electron chi connectivity index (χ1n) is 10.9. The highest BCUT2D eigenvalue weighted by atomic mass is 16.2. The first-order chi connectivity index (χ1) is 14.7. The van der Waals surface area contributed by atoms with Gasteiger partial charge in [-0.05, 0) is 49.2 Å². The molecule has 4 heteroatoms. The molecule has 5 rings (SSSR count). The average molecular weight is 398 g/mol. The van der Waals surface area contributed by atoms with Crippen molar-refractivity contribution in [1.82, 2.24) is 9.47 Å². The molecule has 2 heterocycles. The molecule has 0 fully saturated rings. The van der Waals surface area contributed by atoms with Crippen LogP contribution in [0.2, 0.25) is 0 Å². The summed E-state index contributed by atoms with van der Waals surface area (Å²) in [5, 5.41) is 6.14. The Hall–Kier alpha value is -3.27. The molecule has 1 atom stereocenters. The molecule has 1 N–H and O–H groups in total. The molecule has 1 aliphatic heterocycles. The minimum atomic E-state index is -0.160. The third kappa shape index (κ3) is 2.86. The molecule has 0 saturated heterocycles. The standard InChI is InChI=1S/C26H27N3O/c1-3-5-16-29-25(27-22-12-8-6-11-20(22)26(29)30)18-14-15-24-21(17-18)19-10-7-9-13-23(19)28(24)4-2/h6-15,17,25,27H,3-5,16H2,1-2H3. The van der Waals surface area contributed by atoms with Crippen LogP contribution in [0.1, 0.15) is 48.8 Å². The Bertz CT molecular complexity index is 1240. The van der Waals surface area contributed by atoms with Crippen LogP contribution in [0.15, 0.2) is 66.7 Å². The summed E-state index contributed by atoms with van der Waals surface area (Å²) in [5.74, 6) is 0.110. The van der Waals surface area contributed by atoms with Gasteiger partial charge in [-0.3, -0.25) is 4.79 Å². The Morgan fingerprint density at radius 3 is 2.50 bits per heavy atom. The fraction of sp³-hybridized carbons (Fsp3) is 0.269. The van der Waals surface area contributed by atoms with E-state index in [0.717, 1.165) is 42.7 Å². The fourth-order valence-electron chi connectivity index (χ4n) is 4.70. The predicted octanol–water partition coefficient (Wildman–Crippen LogP) is 6.18. The molecule has 1 aliphatic rings. The van der Waals surface area contributed by atoms with Crippen LogP contribution in [0.25, 0.3) is 21.8 Å². The maximum atomic E-state index is 13.3. The summed E-state index contributed by atoms with van der Waals surface area (Å²) in [7, 11) is 0. The Kier molecular flexibility index (Phi) is 4.70. The molecule has 0 bridgehead atoms. The number of carbonyl (C=O) groups excluding carboxylic acids is 1. The second-order valence-corrected chi connectivity index (χ2v) is 7.98. The third-order valence-corrected chi connectivity index (χ3v) is 6.20. The molecular weight excluding hydrogens is 370 g/mol. The van der Waals surface area contributed by atoms with Crippen molar-refractivity contribution in [2.24, 2.45) is 0 Å². The van der Waals surface area contributed by atoms with Crippen LogP contribution in [0.4, 0.5) is 5.69 Å². The second-order valence-electron chi connectivity index (χ2n) is 7.98. The molecule has 30 heavy (non-hydrogen) atoms. The first-order valence-corrected chi connectivity index (χ1v) is 10.9. The van der Waals surface area contributed by atoms with E-state index >= 15 is 0 Å². The topological polar surface area (TPSA) is 37.3 Å².